The molecule has 1 amide bonds. The molecule has 7 heteroatoms. The number of thiophene rings is 1. The monoisotopic (exact) mass is 375 g/mol. The van der Waals surface area contributed by atoms with E-state index in [0.717, 1.165) is 4.47 Å². The zero-order valence-electron chi connectivity index (χ0n) is 10.7. The number of ether oxygens (including phenoxy) is 2. The molecule has 2 rings (SSSR count). The topological polar surface area (TPSA) is 47.6 Å². The number of carbonyl (C=O) groups excluding carboxylic acids is 1. The van der Waals surface area contributed by atoms with Crippen molar-refractivity contribution in [2.75, 3.05) is 19.5 Å². The Hall–Kier alpha value is -1.24. The van der Waals surface area contributed by atoms with Crippen LogP contribution in [0.25, 0.3) is 0 Å². The summed E-state index contributed by atoms with van der Waals surface area (Å²) < 4.78 is 11.1. The van der Waals surface area contributed by atoms with Crippen LogP contribution in [0.2, 0.25) is 5.02 Å². The third kappa shape index (κ3) is 3.08. The van der Waals surface area contributed by atoms with Crippen LogP contribution in [-0.4, -0.2) is 20.1 Å². The minimum Gasteiger partial charge on any atom is -0.493 e. The summed E-state index contributed by atoms with van der Waals surface area (Å²) in [5, 5.41) is 4.96. The van der Waals surface area contributed by atoms with Crippen molar-refractivity contribution in [2.45, 2.75) is 0 Å². The molecule has 0 bridgehead atoms. The average Bonchev–Trinajstić information content (AvgIpc) is 2.86. The number of hydrogen-bond acceptors (Lipinski definition) is 4. The van der Waals surface area contributed by atoms with E-state index in [1.165, 1.54) is 25.6 Å². The summed E-state index contributed by atoms with van der Waals surface area (Å²) >= 11 is 10.8. The van der Waals surface area contributed by atoms with Crippen LogP contribution < -0.4 is 14.8 Å². The summed E-state index contributed by atoms with van der Waals surface area (Å²) in [4.78, 5) is 12.7. The fourth-order valence-corrected chi connectivity index (χ4v) is 3.23. The number of carbonyl (C=O) groups is 1. The molecule has 2 aromatic rings. The highest BCUT2D eigenvalue weighted by Crippen LogP contribution is 2.36. The van der Waals surface area contributed by atoms with Gasteiger partial charge in [-0.3, -0.25) is 4.79 Å². The van der Waals surface area contributed by atoms with Crippen molar-refractivity contribution in [3.8, 4) is 11.5 Å². The van der Waals surface area contributed by atoms with Gasteiger partial charge in [-0.15, -0.1) is 11.3 Å². The Labute approximate surface area is 133 Å². The third-order valence-electron chi connectivity index (χ3n) is 2.54. The van der Waals surface area contributed by atoms with Crippen LogP contribution in [0.4, 0.5) is 5.69 Å². The predicted octanol–water partition coefficient (Wildman–Crippen LogP) is 4.43. The Morgan fingerprint density at radius 3 is 2.50 bits per heavy atom. The molecular formula is C13H11BrClNO3S. The zero-order valence-corrected chi connectivity index (χ0v) is 13.9. The maximum atomic E-state index is 12.1. The molecule has 0 radical (unpaired) electrons. The molecule has 0 aliphatic carbocycles. The molecule has 0 aliphatic rings. The van der Waals surface area contributed by atoms with Gasteiger partial charge in [-0.25, -0.2) is 0 Å². The Morgan fingerprint density at radius 2 is 1.95 bits per heavy atom. The van der Waals surface area contributed by atoms with Gasteiger partial charge in [0, 0.05) is 16.6 Å². The maximum absolute atomic E-state index is 12.1. The van der Waals surface area contributed by atoms with Crippen LogP contribution >= 0.6 is 38.9 Å². The lowest BCUT2D eigenvalue weighted by Gasteiger charge is -2.12. The maximum Gasteiger partial charge on any atom is 0.266 e. The second-order valence-corrected chi connectivity index (χ2v) is 5.92. The molecule has 1 heterocycles. The number of halogens is 2. The van der Waals surface area contributed by atoms with Gasteiger partial charge in [0.15, 0.2) is 11.5 Å². The van der Waals surface area contributed by atoms with E-state index >= 15 is 0 Å². The van der Waals surface area contributed by atoms with Gasteiger partial charge in [-0.05, 0) is 27.4 Å². The molecule has 1 aromatic heterocycles. The van der Waals surface area contributed by atoms with Crippen molar-refractivity contribution in [3.05, 3.63) is 38.0 Å². The molecule has 0 spiro atoms. The number of nitrogens with one attached hydrogen (secondary N) is 1. The Morgan fingerprint density at radius 1 is 1.30 bits per heavy atom. The summed E-state index contributed by atoms with van der Waals surface area (Å²) in [7, 11) is 3.04. The minimum atomic E-state index is -0.235. The van der Waals surface area contributed by atoms with Crippen LogP contribution in [0.1, 0.15) is 9.67 Å². The SMILES string of the molecule is COc1cc(Cl)c(NC(=O)c2sccc2Br)cc1OC. The molecule has 0 fully saturated rings. The molecule has 106 valence electrons. The van der Waals surface area contributed by atoms with Gasteiger partial charge in [0.25, 0.3) is 5.91 Å². The second kappa shape index (κ2) is 6.47. The van der Waals surface area contributed by atoms with Crippen LogP contribution in [0, 0.1) is 0 Å². The van der Waals surface area contributed by atoms with E-state index in [4.69, 9.17) is 21.1 Å². The first-order valence-electron chi connectivity index (χ1n) is 5.52. The molecule has 0 saturated heterocycles. The molecule has 4 nitrogen and oxygen atoms in total. The largest absolute Gasteiger partial charge is 0.493 e. The Balaban J connectivity index is 2.30. The van der Waals surface area contributed by atoms with E-state index in [2.05, 4.69) is 21.2 Å². The van der Waals surface area contributed by atoms with E-state index in [9.17, 15) is 4.79 Å². The fraction of sp³-hybridized carbons (Fsp3) is 0.154. The molecular weight excluding hydrogens is 366 g/mol. The lowest BCUT2D eigenvalue weighted by molar-refractivity contribution is 0.103. The third-order valence-corrected chi connectivity index (χ3v) is 4.69. The summed E-state index contributed by atoms with van der Waals surface area (Å²) in [6, 6.07) is 5.04. The first-order valence-corrected chi connectivity index (χ1v) is 7.57. The van der Waals surface area contributed by atoms with Gasteiger partial charge in [0.05, 0.1) is 24.9 Å². The number of hydrogen-bond donors (Lipinski definition) is 1. The lowest BCUT2D eigenvalue weighted by Crippen LogP contribution is -2.11. The first-order chi connectivity index (χ1) is 9.56. The van der Waals surface area contributed by atoms with Crippen molar-refractivity contribution in [1.29, 1.82) is 0 Å². The molecule has 1 N–H and O–H groups in total. The van der Waals surface area contributed by atoms with Crippen LogP contribution in [0.5, 0.6) is 11.5 Å². The summed E-state index contributed by atoms with van der Waals surface area (Å²) in [5.74, 6) is 0.770. The summed E-state index contributed by atoms with van der Waals surface area (Å²) in [6.07, 6.45) is 0. The van der Waals surface area contributed by atoms with Gasteiger partial charge in [-0.2, -0.15) is 0 Å². The van der Waals surface area contributed by atoms with E-state index in [1.54, 1.807) is 12.1 Å². The summed E-state index contributed by atoms with van der Waals surface area (Å²) in [5.41, 5.74) is 0.467. The first kappa shape index (κ1) is 15.2. The number of methoxy groups -OCH3 is 2. The number of benzene rings is 1. The zero-order chi connectivity index (χ0) is 14.7. The van der Waals surface area contributed by atoms with Gasteiger partial charge in [0.2, 0.25) is 0 Å². The summed E-state index contributed by atoms with van der Waals surface area (Å²) in [6.45, 7) is 0. The number of amides is 1. The molecule has 1 aromatic carbocycles. The quantitative estimate of drug-likeness (QED) is 0.858. The van der Waals surface area contributed by atoms with E-state index in [1.807, 2.05) is 11.4 Å². The van der Waals surface area contributed by atoms with Gasteiger partial charge >= 0.3 is 0 Å². The molecule has 0 aliphatic heterocycles. The van der Waals surface area contributed by atoms with E-state index in [0.29, 0.717) is 27.1 Å². The van der Waals surface area contributed by atoms with Gasteiger partial charge < -0.3 is 14.8 Å². The molecule has 0 saturated carbocycles. The van der Waals surface area contributed by atoms with E-state index in [-0.39, 0.29) is 5.91 Å². The van der Waals surface area contributed by atoms with Crippen LogP contribution in [0.3, 0.4) is 0 Å². The highest BCUT2D eigenvalue weighted by molar-refractivity contribution is 9.10. The Kier molecular flexibility index (Phi) is 4.91. The lowest BCUT2D eigenvalue weighted by atomic mass is 10.2. The van der Waals surface area contributed by atoms with Crippen molar-refractivity contribution >= 4 is 50.5 Å². The van der Waals surface area contributed by atoms with Crippen molar-refractivity contribution in [1.82, 2.24) is 0 Å². The van der Waals surface area contributed by atoms with Crippen molar-refractivity contribution < 1.29 is 14.3 Å². The molecule has 20 heavy (non-hydrogen) atoms. The van der Waals surface area contributed by atoms with Crippen molar-refractivity contribution in [3.63, 3.8) is 0 Å². The van der Waals surface area contributed by atoms with Gasteiger partial charge in [0.1, 0.15) is 4.88 Å². The molecule has 0 unspecified atom stereocenters. The van der Waals surface area contributed by atoms with Gasteiger partial charge in [-0.1, -0.05) is 11.6 Å². The fourth-order valence-electron chi connectivity index (χ4n) is 1.58. The van der Waals surface area contributed by atoms with Crippen molar-refractivity contribution in [2.24, 2.45) is 0 Å². The smallest absolute Gasteiger partial charge is 0.266 e. The Bertz CT molecular complexity index is 645. The second-order valence-electron chi connectivity index (χ2n) is 3.74. The minimum absolute atomic E-state index is 0.235. The standard InChI is InChI=1S/C13H11BrClNO3S/c1-18-10-5-8(15)9(6-11(10)19-2)16-13(17)12-7(14)3-4-20-12/h3-6H,1-2H3,(H,16,17). The van der Waals surface area contributed by atoms with E-state index < -0.39 is 0 Å². The van der Waals surface area contributed by atoms with Crippen LogP contribution in [0.15, 0.2) is 28.1 Å². The number of rotatable bonds is 4. The van der Waals surface area contributed by atoms with Crippen LogP contribution in [-0.2, 0) is 0 Å². The average molecular weight is 377 g/mol. The number of anilines is 1. The predicted molar refractivity (Wildman–Crippen MR) is 84.5 cm³/mol. The highest BCUT2D eigenvalue weighted by atomic mass is 79.9. The normalized spacial score (nSPS) is 10.2. The highest BCUT2D eigenvalue weighted by Gasteiger charge is 2.15. The molecule has 0 atom stereocenters.